The molecule has 2 saturated heterocycles. The molecule has 0 bridgehead atoms. The number of morpholine rings is 2. The topological polar surface area (TPSA) is 114 Å². The number of nitrogens with zero attached hydrogens (tertiary/aromatic N) is 3. The third-order valence-electron chi connectivity index (χ3n) is 5.53. The number of carbonyl (C=O) groups excluding carboxylic acids is 2. The SMILES string of the molecule is CCOc1ccc(-n2c(C(=O)N3CCOCC3)c(O)c(O)c2C(=O)N2CCOCC2)cc1. The van der Waals surface area contributed by atoms with E-state index in [0.717, 1.165) is 0 Å². The molecule has 0 saturated carbocycles. The minimum Gasteiger partial charge on any atom is -0.503 e. The Balaban J connectivity index is 1.83. The summed E-state index contributed by atoms with van der Waals surface area (Å²) in [5.74, 6) is -1.59. The first-order valence-electron chi connectivity index (χ1n) is 10.7. The van der Waals surface area contributed by atoms with E-state index in [4.69, 9.17) is 14.2 Å². The molecule has 32 heavy (non-hydrogen) atoms. The van der Waals surface area contributed by atoms with Crippen LogP contribution in [0.3, 0.4) is 0 Å². The summed E-state index contributed by atoms with van der Waals surface area (Å²) >= 11 is 0. The maximum Gasteiger partial charge on any atom is 0.275 e. The highest BCUT2D eigenvalue weighted by molar-refractivity contribution is 6.04. The van der Waals surface area contributed by atoms with Crippen molar-refractivity contribution in [3.05, 3.63) is 35.7 Å². The average molecular weight is 445 g/mol. The zero-order valence-corrected chi connectivity index (χ0v) is 18.0. The molecule has 0 radical (unpaired) electrons. The summed E-state index contributed by atoms with van der Waals surface area (Å²) in [6.07, 6.45) is 0. The third-order valence-corrected chi connectivity index (χ3v) is 5.53. The lowest BCUT2D eigenvalue weighted by atomic mass is 10.2. The molecule has 4 rings (SSSR count). The highest BCUT2D eigenvalue weighted by Gasteiger charge is 2.36. The summed E-state index contributed by atoms with van der Waals surface area (Å²) < 4.78 is 17.4. The van der Waals surface area contributed by atoms with Gasteiger partial charge in [-0.2, -0.15) is 0 Å². The monoisotopic (exact) mass is 445 g/mol. The molecule has 0 aliphatic carbocycles. The first-order valence-corrected chi connectivity index (χ1v) is 10.7. The van der Waals surface area contributed by atoms with E-state index >= 15 is 0 Å². The number of aromatic nitrogens is 1. The Morgan fingerprint density at radius 2 is 1.28 bits per heavy atom. The van der Waals surface area contributed by atoms with Gasteiger partial charge in [0, 0.05) is 31.9 Å². The van der Waals surface area contributed by atoms with Crippen molar-refractivity contribution in [2.24, 2.45) is 0 Å². The van der Waals surface area contributed by atoms with Crippen molar-refractivity contribution in [2.45, 2.75) is 6.92 Å². The normalized spacial score (nSPS) is 16.8. The second-order valence-corrected chi connectivity index (χ2v) is 7.47. The van der Waals surface area contributed by atoms with Gasteiger partial charge in [0.05, 0.1) is 33.0 Å². The fourth-order valence-electron chi connectivity index (χ4n) is 3.89. The van der Waals surface area contributed by atoms with E-state index in [1.807, 2.05) is 6.92 Å². The van der Waals surface area contributed by atoms with E-state index in [-0.39, 0.29) is 11.4 Å². The second-order valence-electron chi connectivity index (χ2n) is 7.47. The molecular formula is C22H27N3O7. The predicted molar refractivity (Wildman–Crippen MR) is 114 cm³/mol. The molecule has 2 aromatic rings. The summed E-state index contributed by atoms with van der Waals surface area (Å²) in [4.78, 5) is 29.8. The van der Waals surface area contributed by atoms with E-state index in [2.05, 4.69) is 0 Å². The van der Waals surface area contributed by atoms with Gasteiger partial charge < -0.3 is 34.2 Å². The number of benzene rings is 1. The Morgan fingerprint density at radius 3 is 1.69 bits per heavy atom. The zero-order valence-electron chi connectivity index (χ0n) is 18.0. The molecule has 2 fully saturated rings. The maximum absolute atomic E-state index is 13.4. The average Bonchev–Trinajstić information content (AvgIpc) is 3.10. The molecule has 3 heterocycles. The maximum atomic E-state index is 13.4. The molecule has 1 aromatic carbocycles. The van der Waals surface area contributed by atoms with Crippen LogP contribution in [0.4, 0.5) is 0 Å². The lowest BCUT2D eigenvalue weighted by Crippen LogP contribution is -2.42. The van der Waals surface area contributed by atoms with Gasteiger partial charge in [-0.3, -0.25) is 14.2 Å². The van der Waals surface area contributed by atoms with Crippen molar-refractivity contribution >= 4 is 11.8 Å². The molecule has 2 aliphatic rings. The van der Waals surface area contributed by atoms with E-state index < -0.39 is 23.3 Å². The molecule has 2 aliphatic heterocycles. The van der Waals surface area contributed by atoms with Gasteiger partial charge in [0.25, 0.3) is 11.8 Å². The number of amides is 2. The Bertz CT molecular complexity index is 921. The standard InChI is InChI=1S/C22H27N3O7/c1-2-32-16-5-3-15(4-6-16)25-17(21(28)23-7-11-30-12-8-23)19(26)20(27)18(25)22(29)24-9-13-31-14-10-24/h3-6,26-27H,2,7-14H2,1H3. The van der Waals surface area contributed by atoms with Crippen LogP contribution in [0.5, 0.6) is 17.2 Å². The Labute approximate surface area is 185 Å². The number of aromatic hydroxyl groups is 2. The Hall–Kier alpha value is -3.24. The van der Waals surface area contributed by atoms with Crippen molar-refractivity contribution in [1.29, 1.82) is 0 Å². The van der Waals surface area contributed by atoms with Gasteiger partial charge in [0.1, 0.15) is 5.75 Å². The molecule has 10 nitrogen and oxygen atoms in total. The van der Waals surface area contributed by atoms with Crippen molar-refractivity contribution in [3.8, 4) is 22.9 Å². The van der Waals surface area contributed by atoms with Crippen LogP contribution < -0.4 is 4.74 Å². The molecule has 2 N–H and O–H groups in total. The summed E-state index contributed by atoms with van der Waals surface area (Å²) in [5.41, 5.74) is 0.118. The van der Waals surface area contributed by atoms with Crippen LogP contribution >= 0.6 is 0 Å². The molecule has 2 amide bonds. The summed E-state index contributed by atoms with van der Waals surface area (Å²) in [5, 5.41) is 21.6. The molecule has 0 spiro atoms. The highest BCUT2D eigenvalue weighted by atomic mass is 16.5. The summed E-state index contributed by atoms with van der Waals surface area (Å²) in [6, 6.07) is 6.77. The van der Waals surface area contributed by atoms with Gasteiger partial charge in [0.2, 0.25) is 0 Å². The fraction of sp³-hybridized carbons (Fsp3) is 0.455. The van der Waals surface area contributed by atoms with Crippen LogP contribution in [0.1, 0.15) is 27.9 Å². The third kappa shape index (κ3) is 4.11. The number of hydrogen-bond acceptors (Lipinski definition) is 7. The van der Waals surface area contributed by atoms with Gasteiger partial charge in [0.15, 0.2) is 22.9 Å². The van der Waals surface area contributed by atoms with Crippen LogP contribution in [0.25, 0.3) is 5.69 Å². The van der Waals surface area contributed by atoms with Gasteiger partial charge >= 0.3 is 0 Å². The van der Waals surface area contributed by atoms with E-state index in [1.165, 1.54) is 14.4 Å². The largest absolute Gasteiger partial charge is 0.503 e. The lowest BCUT2D eigenvalue weighted by Gasteiger charge is -2.28. The fourth-order valence-corrected chi connectivity index (χ4v) is 3.89. The quantitative estimate of drug-likeness (QED) is 0.712. The molecular weight excluding hydrogens is 418 g/mol. The van der Waals surface area contributed by atoms with Gasteiger partial charge in [-0.05, 0) is 31.2 Å². The minimum atomic E-state index is -0.619. The number of hydrogen-bond donors (Lipinski definition) is 2. The van der Waals surface area contributed by atoms with Crippen molar-refractivity contribution in [3.63, 3.8) is 0 Å². The molecule has 0 atom stereocenters. The highest BCUT2D eigenvalue weighted by Crippen LogP contribution is 2.40. The van der Waals surface area contributed by atoms with Gasteiger partial charge in [-0.25, -0.2) is 0 Å². The van der Waals surface area contributed by atoms with E-state index in [9.17, 15) is 19.8 Å². The van der Waals surface area contributed by atoms with E-state index in [1.54, 1.807) is 24.3 Å². The van der Waals surface area contributed by atoms with Crippen molar-refractivity contribution in [1.82, 2.24) is 14.4 Å². The first kappa shape index (κ1) is 22.0. The van der Waals surface area contributed by atoms with Gasteiger partial charge in [-0.15, -0.1) is 0 Å². The first-order chi connectivity index (χ1) is 15.5. The zero-order chi connectivity index (χ0) is 22.7. The molecule has 0 unspecified atom stereocenters. The number of carbonyl (C=O) groups is 2. The van der Waals surface area contributed by atoms with Gasteiger partial charge in [-0.1, -0.05) is 0 Å². The number of ether oxygens (including phenoxy) is 3. The molecule has 10 heteroatoms. The molecule has 172 valence electrons. The Morgan fingerprint density at radius 1 is 0.844 bits per heavy atom. The number of rotatable bonds is 5. The minimum absolute atomic E-state index is 0.162. The van der Waals surface area contributed by atoms with Crippen LogP contribution in [-0.2, 0) is 9.47 Å². The van der Waals surface area contributed by atoms with Crippen molar-refractivity contribution in [2.75, 3.05) is 59.2 Å². The van der Waals surface area contributed by atoms with Crippen molar-refractivity contribution < 1.29 is 34.0 Å². The smallest absolute Gasteiger partial charge is 0.275 e. The summed E-state index contributed by atoms with van der Waals surface area (Å²) in [7, 11) is 0. The summed E-state index contributed by atoms with van der Waals surface area (Å²) in [6.45, 7) is 5.26. The lowest BCUT2D eigenvalue weighted by molar-refractivity contribution is 0.0288. The van der Waals surface area contributed by atoms with Crippen LogP contribution in [0.2, 0.25) is 0 Å². The molecule has 1 aromatic heterocycles. The van der Waals surface area contributed by atoms with Crippen LogP contribution in [0, 0.1) is 0 Å². The Kier molecular flexibility index (Phi) is 6.52. The predicted octanol–water partition coefficient (Wildman–Crippen LogP) is 1.23. The van der Waals surface area contributed by atoms with Crippen LogP contribution in [0.15, 0.2) is 24.3 Å². The van der Waals surface area contributed by atoms with E-state index in [0.29, 0.717) is 70.7 Å². The second kappa shape index (κ2) is 9.49. The van der Waals surface area contributed by atoms with Crippen LogP contribution in [-0.4, -0.2) is 95.6 Å².